The molecule has 0 amide bonds. The lowest BCUT2D eigenvalue weighted by molar-refractivity contribution is 0.669. The standard InChI is InChI=1S/C54H30BN3O2/c1-5-21-41-31(13-1)34-16-9-17-35-38-29-40-48(30-47(38)58(41)52(34)35)57(46-26-11-19-37-33-15-3-8-28-50(33)60-54(37)46)44-24-12-23-43-51(44)55(40)39-20-4-6-22-42(39)56(43)45-25-10-18-36-32-14-2-7-27-49(32)59-53(36)45/h1-30H. The third-order valence-corrected chi connectivity index (χ3v) is 13.5. The van der Waals surface area contributed by atoms with E-state index in [0.717, 1.165) is 78.0 Å². The van der Waals surface area contributed by atoms with Gasteiger partial charge in [0.05, 0.1) is 27.9 Å². The van der Waals surface area contributed by atoms with Crippen LogP contribution in [0.5, 0.6) is 0 Å². The summed E-state index contributed by atoms with van der Waals surface area (Å²) in [5, 5.41) is 9.54. The number of aromatic nitrogens is 1. The van der Waals surface area contributed by atoms with E-state index in [2.05, 4.69) is 190 Å². The average Bonchev–Trinajstić information content (AvgIpc) is 4.06. The molecular weight excluding hydrogens is 733 g/mol. The molecule has 13 aromatic rings. The van der Waals surface area contributed by atoms with Crippen LogP contribution in [0, 0.1) is 0 Å². The Morgan fingerprint density at radius 1 is 0.333 bits per heavy atom. The normalized spacial score (nSPS) is 13.6. The van der Waals surface area contributed by atoms with Crippen LogP contribution in [-0.2, 0) is 0 Å². The fourth-order valence-corrected chi connectivity index (χ4v) is 11.1. The fourth-order valence-electron chi connectivity index (χ4n) is 11.1. The molecule has 2 aliphatic heterocycles. The molecule has 0 N–H and O–H groups in total. The Bertz CT molecular complexity index is 4000. The summed E-state index contributed by atoms with van der Waals surface area (Å²) >= 11 is 0. The largest absolute Gasteiger partial charge is 0.454 e. The Morgan fingerprint density at radius 2 is 0.833 bits per heavy atom. The van der Waals surface area contributed by atoms with Crippen molar-refractivity contribution in [3.8, 4) is 0 Å². The number of hydrogen-bond acceptors (Lipinski definition) is 4. The van der Waals surface area contributed by atoms with E-state index in [4.69, 9.17) is 8.83 Å². The van der Waals surface area contributed by atoms with E-state index < -0.39 is 0 Å². The van der Waals surface area contributed by atoms with Crippen molar-refractivity contribution in [2.75, 3.05) is 9.80 Å². The molecule has 0 aliphatic carbocycles. The molecule has 60 heavy (non-hydrogen) atoms. The van der Waals surface area contributed by atoms with Gasteiger partial charge in [-0.1, -0.05) is 127 Å². The van der Waals surface area contributed by atoms with Gasteiger partial charge in [0.15, 0.2) is 11.2 Å². The Labute approximate surface area is 342 Å². The first-order valence-corrected chi connectivity index (χ1v) is 20.6. The maximum Gasteiger partial charge on any atom is 0.252 e. The minimum absolute atomic E-state index is 0.0409. The van der Waals surface area contributed by atoms with Gasteiger partial charge >= 0.3 is 0 Å². The molecule has 6 heterocycles. The van der Waals surface area contributed by atoms with Crippen molar-refractivity contribution in [1.82, 2.24) is 4.40 Å². The molecule has 0 spiro atoms. The highest BCUT2D eigenvalue weighted by Crippen LogP contribution is 2.50. The Balaban J connectivity index is 1.09. The minimum Gasteiger partial charge on any atom is -0.454 e. The van der Waals surface area contributed by atoms with Gasteiger partial charge in [-0.05, 0) is 71.0 Å². The van der Waals surface area contributed by atoms with Gasteiger partial charge in [-0.3, -0.25) is 0 Å². The van der Waals surface area contributed by atoms with E-state index >= 15 is 0 Å². The Hall–Kier alpha value is -7.96. The third kappa shape index (κ3) is 3.71. The number of hydrogen-bond donors (Lipinski definition) is 0. The second kappa shape index (κ2) is 11.0. The number of benzene rings is 9. The van der Waals surface area contributed by atoms with Crippen LogP contribution in [0.1, 0.15) is 0 Å². The van der Waals surface area contributed by atoms with E-state index in [9.17, 15) is 0 Å². The molecule has 0 atom stereocenters. The van der Waals surface area contributed by atoms with E-state index in [1.807, 2.05) is 6.07 Å². The summed E-state index contributed by atoms with van der Waals surface area (Å²) < 4.78 is 16.1. The molecule has 6 heteroatoms. The first kappa shape index (κ1) is 31.1. The SMILES string of the molecule is c1ccc2c(c1)B1c3cc4c5cccc6c7ccccc7n(c4cc3N(c3cccc4c3oc3ccccc34)c3cccc(c31)N2c1cccc2c1oc1ccccc12)c65. The second-order valence-electron chi connectivity index (χ2n) is 16.4. The van der Waals surface area contributed by atoms with Gasteiger partial charge in [0, 0.05) is 65.8 Å². The summed E-state index contributed by atoms with van der Waals surface area (Å²) in [5.74, 6) is 0. The molecule has 0 unspecified atom stereocenters. The van der Waals surface area contributed by atoms with Crippen molar-refractivity contribution in [1.29, 1.82) is 0 Å². The molecule has 4 aromatic heterocycles. The second-order valence-corrected chi connectivity index (χ2v) is 16.4. The zero-order chi connectivity index (χ0) is 38.8. The molecule has 15 rings (SSSR count). The maximum atomic E-state index is 6.85. The van der Waals surface area contributed by atoms with Crippen LogP contribution in [0.3, 0.4) is 0 Å². The number of anilines is 6. The van der Waals surface area contributed by atoms with Crippen molar-refractivity contribution >= 4 is 139 Å². The van der Waals surface area contributed by atoms with Crippen LogP contribution in [0.2, 0.25) is 0 Å². The van der Waals surface area contributed by atoms with Gasteiger partial charge in [0.2, 0.25) is 0 Å². The smallest absolute Gasteiger partial charge is 0.252 e. The average molecular weight is 764 g/mol. The van der Waals surface area contributed by atoms with Crippen LogP contribution in [-0.4, -0.2) is 11.1 Å². The van der Waals surface area contributed by atoms with E-state index in [0.29, 0.717) is 0 Å². The van der Waals surface area contributed by atoms with E-state index in [-0.39, 0.29) is 6.71 Å². The lowest BCUT2D eigenvalue weighted by Gasteiger charge is -2.44. The van der Waals surface area contributed by atoms with E-state index in [1.54, 1.807) is 0 Å². The summed E-state index contributed by atoms with van der Waals surface area (Å²) in [7, 11) is 0. The zero-order valence-electron chi connectivity index (χ0n) is 32.1. The van der Waals surface area contributed by atoms with Crippen LogP contribution in [0.15, 0.2) is 191 Å². The highest BCUT2D eigenvalue weighted by Gasteiger charge is 2.44. The first-order valence-electron chi connectivity index (χ1n) is 20.6. The predicted molar refractivity (Wildman–Crippen MR) is 250 cm³/mol. The van der Waals surface area contributed by atoms with Crippen molar-refractivity contribution < 1.29 is 8.83 Å². The van der Waals surface area contributed by atoms with Gasteiger partial charge in [-0.15, -0.1) is 0 Å². The van der Waals surface area contributed by atoms with Crippen LogP contribution in [0.4, 0.5) is 34.1 Å². The van der Waals surface area contributed by atoms with Crippen LogP contribution < -0.4 is 26.2 Å². The number of nitrogens with zero attached hydrogens (tertiary/aromatic N) is 3. The monoisotopic (exact) mass is 763 g/mol. The van der Waals surface area contributed by atoms with Gasteiger partial charge in [-0.2, -0.15) is 0 Å². The summed E-state index contributed by atoms with van der Waals surface area (Å²) in [6, 6.07) is 66.2. The summed E-state index contributed by atoms with van der Waals surface area (Å²) in [4.78, 5) is 4.92. The van der Waals surface area contributed by atoms with Crippen molar-refractivity contribution in [2.24, 2.45) is 0 Å². The number of para-hydroxylation sites is 7. The third-order valence-electron chi connectivity index (χ3n) is 13.5. The summed E-state index contributed by atoms with van der Waals surface area (Å²) in [5.41, 5.74) is 17.6. The predicted octanol–water partition coefficient (Wildman–Crippen LogP) is 12.7. The van der Waals surface area contributed by atoms with Crippen LogP contribution in [0.25, 0.3) is 82.0 Å². The topological polar surface area (TPSA) is 37.2 Å². The zero-order valence-corrected chi connectivity index (χ0v) is 32.1. The van der Waals surface area contributed by atoms with E-state index in [1.165, 1.54) is 54.5 Å². The fraction of sp³-hybridized carbons (Fsp3) is 0. The quantitative estimate of drug-likeness (QED) is 0.164. The molecule has 2 aliphatic rings. The lowest BCUT2D eigenvalue weighted by Crippen LogP contribution is -2.61. The molecule has 0 saturated heterocycles. The number of rotatable bonds is 2. The lowest BCUT2D eigenvalue weighted by atomic mass is 9.33. The first-order chi connectivity index (χ1) is 29.8. The number of furan rings is 2. The molecular formula is C54H30BN3O2. The van der Waals surface area contributed by atoms with Gasteiger partial charge < -0.3 is 23.0 Å². The van der Waals surface area contributed by atoms with Gasteiger partial charge in [0.25, 0.3) is 6.71 Å². The van der Waals surface area contributed by atoms with Crippen molar-refractivity contribution in [3.63, 3.8) is 0 Å². The van der Waals surface area contributed by atoms with Gasteiger partial charge in [0.1, 0.15) is 11.2 Å². The molecule has 9 aromatic carbocycles. The number of fused-ring (bicyclic) bond motifs is 16. The maximum absolute atomic E-state index is 6.85. The summed E-state index contributed by atoms with van der Waals surface area (Å²) in [6.45, 7) is -0.0409. The Kier molecular flexibility index (Phi) is 5.67. The van der Waals surface area contributed by atoms with Crippen molar-refractivity contribution in [2.45, 2.75) is 0 Å². The minimum atomic E-state index is -0.0409. The summed E-state index contributed by atoms with van der Waals surface area (Å²) in [6.07, 6.45) is 0. The Morgan fingerprint density at radius 3 is 1.55 bits per heavy atom. The molecule has 0 radical (unpaired) electrons. The molecule has 0 bridgehead atoms. The van der Waals surface area contributed by atoms with Crippen molar-refractivity contribution in [3.05, 3.63) is 182 Å². The highest BCUT2D eigenvalue weighted by atomic mass is 16.3. The highest BCUT2D eigenvalue weighted by molar-refractivity contribution is 7.00. The molecule has 276 valence electrons. The van der Waals surface area contributed by atoms with Gasteiger partial charge in [-0.25, -0.2) is 0 Å². The molecule has 0 saturated carbocycles. The van der Waals surface area contributed by atoms with Crippen LogP contribution >= 0.6 is 0 Å². The molecule has 5 nitrogen and oxygen atoms in total. The molecule has 0 fully saturated rings.